The van der Waals surface area contributed by atoms with Crippen LogP contribution in [0.4, 0.5) is 5.69 Å². The quantitative estimate of drug-likeness (QED) is 0.814. The van der Waals surface area contributed by atoms with E-state index in [1.165, 1.54) is 18.4 Å². The number of hydrogen-bond donors (Lipinski definition) is 1. The second kappa shape index (κ2) is 6.56. The van der Waals surface area contributed by atoms with Crippen molar-refractivity contribution in [2.24, 2.45) is 0 Å². The Morgan fingerprint density at radius 2 is 2.30 bits per heavy atom. The summed E-state index contributed by atoms with van der Waals surface area (Å²) in [6.45, 7) is 1.86. The van der Waals surface area contributed by atoms with Crippen molar-refractivity contribution in [2.75, 3.05) is 12.4 Å². The standard InChI is InChI=1S/C13H12BrClN2O2S/c1-7-12(20-6-16-7)11(13(18)19-2)17-8-3-4-10(15)9(14)5-8/h3-6,11,17H,1-2H3. The van der Waals surface area contributed by atoms with Gasteiger partial charge >= 0.3 is 5.97 Å². The van der Waals surface area contributed by atoms with Crippen molar-refractivity contribution < 1.29 is 9.53 Å². The van der Waals surface area contributed by atoms with Gasteiger partial charge in [0.05, 0.1) is 28.2 Å². The second-order valence-corrected chi connectivity index (χ2v) is 6.18. The van der Waals surface area contributed by atoms with Gasteiger partial charge in [0.15, 0.2) is 6.04 Å². The van der Waals surface area contributed by atoms with Crippen molar-refractivity contribution >= 4 is 50.5 Å². The molecule has 1 aromatic heterocycles. The highest BCUT2D eigenvalue weighted by Crippen LogP contribution is 2.30. The highest BCUT2D eigenvalue weighted by molar-refractivity contribution is 9.10. The maximum Gasteiger partial charge on any atom is 0.333 e. The molecule has 4 nitrogen and oxygen atoms in total. The molecule has 1 heterocycles. The van der Waals surface area contributed by atoms with E-state index in [1.807, 2.05) is 13.0 Å². The molecule has 0 radical (unpaired) electrons. The summed E-state index contributed by atoms with van der Waals surface area (Å²) in [5.41, 5.74) is 3.29. The summed E-state index contributed by atoms with van der Waals surface area (Å²) in [6.07, 6.45) is 0. The molecule has 1 N–H and O–H groups in total. The summed E-state index contributed by atoms with van der Waals surface area (Å²) in [7, 11) is 1.37. The first-order valence-electron chi connectivity index (χ1n) is 5.72. The van der Waals surface area contributed by atoms with Crippen LogP contribution in [0.1, 0.15) is 16.6 Å². The van der Waals surface area contributed by atoms with Crippen LogP contribution in [0, 0.1) is 6.92 Å². The van der Waals surface area contributed by atoms with Crippen LogP contribution < -0.4 is 5.32 Å². The molecule has 2 rings (SSSR count). The summed E-state index contributed by atoms with van der Waals surface area (Å²) in [6, 6.07) is 4.79. The van der Waals surface area contributed by atoms with Crippen molar-refractivity contribution in [2.45, 2.75) is 13.0 Å². The summed E-state index contributed by atoms with van der Waals surface area (Å²) < 4.78 is 5.62. The molecule has 2 aromatic rings. The van der Waals surface area contributed by atoms with Gasteiger partial charge in [-0.3, -0.25) is 0 Å². The molecule has 0 fully saturated rings. The topological polar surface area (TPSA) is 51.2 Å². The zero-order valence-corrected chi connectivity index (χ0v) is 14.0. The molecule has 0 aliphatic rings. The summed E-state index contributed by atoms with van der Waals surface area (Å²) in [5.74, 6) is -0.358. The largest absolute Gasteiger partial charge is 0.467 e. The van der Waals surface area contributed by atoms with E-state index in [1.54, 1.807) is 17.6 Å². The van der Waals surface area contributed by atoms with Crippen LogP contribution in [0.15, 0.2) is 28.2 Å². The predicted octanol–water partition coefficient (Wildman–Crippen LogP) is 4.19. The molecule has 0 amide bonds. The van der Waals surface area contributed by atoms with Crippen LogP contribution in [0.5, 0.6) is 0 Å². The first kappa shape index (κ1) is 15.3. The monoisotopic (exact) mass is 374 g/mol. The fourth-order valence-corrected chi connectivity index (χ4v) is 3.03. The third kappa shape index (κ3) is 3.31. The van der Waals surface area contributed by atoms with Crippen molar-refractivity contribution in [1.82, 2.24) is 4.98 Å². The number of hydrogen-bond acceptors (Lipinski definition) is 5. The number of aromatic nitrogens is 1. The fraction of sp³-hybridized carbons (Fsp3) is 0.231. The molecule has 0 bridgehead atoms. The highest BCUT2D eigenvalue weighted by atomic mass is 79.9. The number of benzene rings is 1. The third-order valence-corrected chi connectivity index (χ3v) is 4.92. The fourth-order valence-electron chi connectivity index (χ4n) is 1.69. The van der Waals surface area contributed by atoms with E-state index in [9.17, 15) is 4.79 Å². The molecule has 1 aromatic carbocycles. The Labute approximate surface area is 134 Å². The van der Waals surface area contributed by atoms with E-state index < -0.39 is 6.04 Å². The molecule has 0 saturated carbocycles. The van der Waals surface area contributed by atoms with E-state index in [2.05, 4.69) is 26.2 Å². The van der Waals surface area contributed by atoms with Crippen molar-refractivity contribution in [3.8, 4) is 0 Å². The zero-order valence-electron chi connectivity index (χ0n) is 10.8. The normalized spacial score (nSPS) is 12.0. The van der Waals surface area contributed by atoms with Crippen LogP contribution >= 0.6 is 38.9 Å². The molecular weight excluding hydrogens is 364 g/mol. The van der Waals surface area contributed by atoms with E-state index in [4.69, 9.17) is 16.3 Å². The van der Waals surface area contributed by atoms with Crippen LogP contribution in [-0.2, 0) is 9.53 Å². The molecule has 0 aliphatic heterocycles. The SMILES string of the molecule is COC(=O)C(Nc1ccc(Cl)c(Br)c1)c1scnc1C. The summed E-state index contributed by atoms with van der Waals surface area (Å²) in [5, 5.41) is 3.76. The number of ether oxygens (including phenoxy) is 1. The number of rotatable bonds is 4. The van der Waals surface area contributed by atoms with Gasteiger partial charge < -0.3 is 10.1 Å². The lowest BCUT2D eigenvalue weighted by molar-refractivity contribution is -0.141. The van der Waals surface area contributed by atoms with Gasteiger partial charge in [-0.05, 0) is 41.1 Å². The Hall–Kier alpha value is -1.11. The smallest absolute Gasteiger partial charge is 0.333 e. The Morgan fingerprint density at radius 1 is 1.55 bits per heavy atom. The van der Waals surface area contributed by atoms with Gasteiger partial charge in [0.1, 0.15) is 0 Å². The van der Waals surface area contributed by atoms with Crippen molar-refractivity contribution in [3.05, 3.63) is 43.8 Å². The molecule has 0 spiro atoms. The van der Waals surface area contributed by atoms with Crippen LogP contribution in [0.3, 0.4) is 0 Å². The molecule has 1 atom stereocenters. The first-order valence-corrected chi connectivity index (χ1v) is 7.77. The number of nitrogens with zero attached hydrogens (tertiary/aromatic N) is 1. The van der Waals surface area contributed by atoms with Gasteiger partial charge in [0.2, 0.25) is 0 Å². The average molecular weight is 376 g/mol. The summed E-state index contributed by atoms with van der Waals surface area (Å²) >= 11 is 10.7. The average Bonchev–Trinajstić information content (AvgIpc) is 2.85. The number of halogens is 2. The van der Waals surface area contributed by atoms with E-state index in [0.717, 1.165) is 20.7 Å². The maximum atomic E-state index is 12.0. The number of nitrogens with one attached hydrogen (secondary N) is 1. The molecule has 20 heavy (non-hydrogen) atoms. The van der Waals surface area contributed by atoms with Crippen LogP contribution in [-0.4, -0.2) is 18.1 Å². The number of methoxy groups -OCH3 is 1. The summed E-state index contributed by atoms with van der Waals surface area (Å²) in [4.78, 5) is 17.0. The van der Waals surface area contributed by atoms with E-state index in [0.29, 0.717) is 5.02 Å². The lowest BCUT2D eigenvalue weighted by atomic mass is 10.2. The van der Waals surface area contributed by atoms with E-state index >= 15 is 0 Å². The maximum absolute atomic E-state index is 12.0. The Morgan fingerprint density at radius 3 is 2.85 bits per heavy atom. The van der Waals surface area contributed by atoms with Gasteiger partial charge in [-0.1, -0.05) is 11.6 Å². The Balaban J connectivity index is 2.31. The Kier molecular flexibility index (Phi) is 5.01. The molecule has 0 aliphatic carbocycles. The first-order chi connectivity index (χ1) is 9.52. The minimum Gasteiger partial charge on any atom is -0.467 e. The van der Waals surface area contributed by atoms with Crippen molar-refractivity contribution in [3.63, 3.8) is 0 Å². The zero-order chi connectivity index (χ0) is 14.7. The van der Waals surface area contributed by atoms with Gasteiger partial charge in [0, 0.05) is 10.2 Å². The van der Waals surface area contributed by atoms with E-state index in [-0.39, 0.29) is 5.97 Å². The number of anilines is 1. The van der Waals surface area contributed by atoms with Gasteiger partial charge in [0.25, 0.3) is 0 Å². The molecule has 7 heteroatoms. The number of thiazole rings is 1. The van der Waals surface area contributed by atoms with Crippen LogP contribution in [0.2, 0.25) is 5.02 Å². The van der Waals surface area contributed by atoms with Gasteiger partial charge in [-0.15, -0.1) is 11.3 Å². The van der Waals surface area contributed by atoms with Gasteiger partial charge in [-0.25, -0.2) is 9.78 Å². The number of aryl methyl sites for hydroxylation is 1. The van der Waals surface area contributed by atoms with Crippen LogP contribution in [0.25, 0.3) is 0 Å². The molecule has 0 saturated heterocycles. The lowest BCUT2D eigenvalue weighted by Gasteiger charge is -2.17. The number of esters is 1. The highest BCUT2D eigenvalue weighted by Gasteiger charge is 2.25. The molecule has 1 unspecified atom stereocenters. The number of carbonyl (C=O) groups is 1. The number of carbonyl (C=O) groups excluding carboxylic acids is 1. The molecule has 106 valence electrons. The van der Waals surface area contributed by atoms with Crippen molar-refractivity contribution in [1.29, 1.82) is 0 Å². The second-order valence-electron chi connectivity index (χ2n) is 4.03. The minimum absolute atomic E-state index is 0.358. The lowest BCUT2D eigenvalue weighted by Crippen LogP contribution is -2.22. The van der Waals surface area contributed by atoms with Gasteiger partial charge in [-0.2, -0.15) is 0 Å². The third-order valence-electron chi connectivity index (χ3n) is 2.71. The predicted molar refractivity (Wildman–Crippen MR) is 84.4 cm³/mol. The minimum atomic E-state index is -0.583. The Bertz CT molecular complexity index is 633. The molecular formula is C13H12BrClN2O2S.